The zero-order chi connectivity index (χ0) is 11.6. The van der Waals surface area contributed by atoms with E-state index in [1.54, 1.807) is 0 Å². The van der Waals surface area contributed by atoms with Gasteiger partial charge in [0.1, 0.15) is 0 Å². The van der Waals surface area contributed by atoms with Crippen molar-refractivity contribution in [3.63, 3.8) is 0 Å². The van der Waals surface area contributed by atoms with Gasteiger partial charge in [-0.3, -0.25) is 4.90 Å². The predicted octanol–water partition coefficient (Wildman–Crippen LogP) is 2.11. The van der Waals surface area contributed by atoms with Gasteiger partial charge >= 0.3 is 6.18 Å². The van der Waals surface area contributed by atoms with Gasteiger partial charge in [0, 0.05) is 25.7 Å². The maximum atomic E-state index is 12.1. The average molecular weight is 236 g/mol. The number of hydrogen-bond donors (Lipinski definition) is 0. The molecule has 0 N–H and O–H groups in total. The molecule has 0 bridgehead atoms. The van der Waals surface area contributed by atoms with Gasteiger partial charge in [-0.05, 0) is 32.4 Å². The van der Waals surface area contributed by atoms with E-state index in [1.807, 2.05) is 4.90 Å². The minimum Gasteiger partial charge on any atom is -0.301 e. The van der Waals surface area contributed by atoms with Gasteiger partial charge in [-0.2, -0.15) is 13.2 Å². The standard InChI is InChI=1S/C11H19F3N2/c12-11(13,14)4-8-15-5-1-2-6-16-7-3-10(16)9-15/h10H,1-9H2. The van der Waals surface area contributed by atoms with Crippen LogP contribution in [-0.2, 0) is 0 Å². The highest BCUT2D eigenvalue weighted by Gasteiger charge is 2.32. The molecule has 0 aliphatic carbocycles. The lowest BCUT2D eigenvalue weighted by Gasteiger charge is -2.45. The Hall–Kier alpha value is -0.290. The van der Waals surface area contributed by atoms with E-state index in [4.69, 9.17) is 0 Å². The first-order valence-electron chi connectivity index (χ1n) is 6.08. The second-order valence-electron chi connectivity index (χ2n) is 4.85. The lowest BCUT2D eigenvalue weighted by molar-refractivity contribution is -0.139. The fourth-order valence-corrected chi connectivity index (χ4v) is 2.52. The molecule has 1 atom stereocenters. The molecule has 16 heavy (non-hydrogen) atoms. The Labute approximate surface area is 94.4 Å². The van der Waals surface area contributed by atoms with Gasteiger partial charge in [-0.1, -0.05) is 0 Å². The molecule has 0 spiro atoms. The molecular formula is C11H19F3N2. The van der Waals surface area contributed by atoms with Crippen molar-refractivity contribution in [2.75, 3.05) is 32.7 Å². The van der Waals surface area contributed by atoms with Crippen LogP contribution in [0.4, 0.5) is 13.2 Å². The van der Waals surface area contributed by atoms with Gasteiger partial charge in [0.2, 0.25) is 0 Å². The molecule has 2 saturated heterocycles. The van der Waals surface area contributed by atoms with Crippen LogP contribution in [0.5, 0.6) is 0 Å². The lowest BCUT2D eigenvalue weighted by atomic mass is 10.00. The smallest absolute Gasteiger partial charge is 0.301 e. The van der Waals surface area contributed by atoms with E-state index >= 15 is 0 Å². The number of nitrogens with zero attached hydrogens (tertiary/aromatic N) is 2. The van der Waals surface area contributed by atoms with Gasteiger partial charge in [0.15, 0.2) is 0 Å². The molecule has 0 radical (unpaired) electrons. The zero-order valence-corrected chi connectivity index (χ0v) is 9.47. The largest absolute Gasteiger partial charge is 0.390 e. The molecule has 5 heteroatoms. The van der Waals surface area contributed by atoms with E-state index in [2.05, 4.69) is 4.90 Å². The molecular weight excluding hydrogens is 217 g/mol. The second kappa shape index (κ2) is 4.92. The van der Waals surface area contributed by atoms with Gasteiger partial charge in [0.05, 0.1) is 6.42 Å². The normalized spacial score (nSPS) is 29.1. The van der Waals surface area contributed by atoms with Crippen LogP contribution in [0, 0.1) is 0 Å². The number of alkyl halides is 3. The topological polar surface area (TPSA) is 6.48 Å². The molecule has 0 aromatic rings. The molecule has 2 fully saturated rings. The summed E-state index contributed by atoms with van der Waals surface area (Å²) in [6, 6.07) is 0.522. The molecule has 2 aliphatic heterocycles. The van der Waals surface area contributed by atoms with E-state index in [9.17, 15) is 13.2 Å². The first kappa shape index (κ1) is 12.2. The minimum atomic E-state index is -4.01. The number of rotatable bonds is 2. The van der Waals surface area contributed by atoms with Crippen molar-refractivity contribution in [3.05, 3.63) is 0 Å². The first-order valence-corrected chi connectivity index (χ1v) is 6.08. The summed E-state index contributed by atoms with van der Waals surface area (Å²) in [5, 5.41) is 0. The highest BCUT2D eigenvalue weighted by molar-refractivity contribution is 4.86. The van der Waals surface area contributed by atoms with Gasteiger partial charge < -0.3 is 4.90 Å². The summed E-state index contributed by atoms with van der Waals surface area (Å²) >= 11 is 0. The third-order valence-corrected chi connectivity index (χ3v) is 3.62. The Morgan fingerprint density at radius 3 is 2.44 bits per heavy atom. The van der Waals surface area contributed by atoms with Crippen LogP contribution in [-0.4, -0.2) is 54.7 Å². The Morgan fingerprint density at radius 2 is 1.81 bits per heavy atom. The Balaban J connectivity index is 1.78. The molecule has 2 rings (SSSR count). The number of halogens is 3. The van der Waals surface area contributed by atoms with Crippen molar-refractivity contribution in [2.45, 2.75) is 37.9 Å². The highest BCUT2D eigenvalue weighted by atomic mass is 19.4. The predicted molar refractivity (Wildman–Crippen MR) is 56.3 cm³/mol. The van der Waals surface area contributed by atoms with Crippen LogP contribution in [0.3, 0.4) is 0 Å². The summed E-state index contributed by atoms with van der Waals surface area (Å²) in [6.07, 6.45) is -1.37. The van der Waals surface area contributed by atoms with Crippen molar-refractivity contribution < 1.29 is 13.2 Å². The molecule has 2 aliphatic rings. The Kier molecular flexibility index (Phi) is 3.74. The second-order valence-corrected chi connectivity index (χ2v) is 4.85. The molecule has 0 amide bonds. The molecule has 2 nitrogen and oxygen atoms in total. The molecule has 0 aromatic carbocycles. The van der Waals surface area contributed by atoms with Gasteiger partial charge in [-0.25, -0.2) is 0 Å². The van der Waals surface area contributed by atoms with Crippen molar-refractivity contribution in [1.82, 2.24) is 9.80 Å². The molecule has 1 unspecified atom stereocenters. The van der Waals surface area contributed by atoms with E-state index in [-0.39, 0.29) is 6.54 Å². The van der Waals surface area contributed by atoms with Gasteiger partial charge in [-0.15, -0.1) is 0 Å². The van der Waals surface area contributed by atoms with Crippen molar-refractivity contribution in [1.29, 1.82) is 0 Å². The maximum absolute atomic E-state index is 12.1. The Bertz CT molecular complexity index is 230. The van der Waals surface area contributed by atoms with E-state index in [0.717, 1.165) is 45.4 Å². The van der Waals surface area contributed by atoms with Crippen LogP contribution < -0.4 is 0 Å². The fraction of sp³-hybridized carbons (Fsp3) is 1.00. The maximum Gasteiger partial charge on any atom is 0.390 e. The molecule has 94 valence electrons. The summed E-state index contributed by atoms with van der Waals surface area (Å²) in [5.41, 5.74) is 0. The average Bonchev–Trinajstić information content (AvgIpc) is 2.15. The summed E-state index contributed by atoms with van der Waals surface area (Å²) in [5.74, 6) is 0. The fourth-order valence-electron chi connectivity index (χ4n) is 2.52. The van der Waals surface area contributed by atoms with Crippen LogP contribution in [0.25, 0.3) is 0 Å². The van der Waals surface area contributed by atoms with E-state index < -0.39 is 12.6 Å². The minimum absolute atomic E-state index is 0.174. The van der Waals surface area contributed by atoms with Crippen molar-refractivity contribution in [2.24, 2.45) is 0 Å². The molecule has 0 aromatic heterocycles. The third kappa shape index (κ3) is 3.35. The number of fused-ring (bicyclic) bond motifs is 1. The summed E-state index contributed by atoms with van der Waals surface area (Å²) < 4.78 is 36.4. The lowest BCUT2D eigenvalue weighted by Crippen LogP contribution is -2.55. The van der Waals surface area contributed by atoms with E-state index in [1.165, 1.54) is 0 Å². The van der Waals surface area contributed by atoms with Crippen LogP contribution in [0.15, 0.2) is 0 Å². The monoisotopic (exact) mass is 236 g/mol. The third-order valence-electron chi connectivity index (χ3n) is 3.62. The Morgan fingerprint density at radius 1 is 1.06 bits per heavy atom. The van der Waals surface area contributed by atoms with Crippen molar-refractivity contribution >= 4 is 0 Å². The van der Waals surface area contributed by atoms with Gasteiger partial charge in [0.25, 0.3) is 0 Å². The van der Waals surface area contributed by atoms with Crippen LogP contribution in [0.2, 0.25) is 0 Å². The molecule has 2 heterocycles. The summed E-state index contributed by atoms with van der Waals surface area (Å²) in [4.78, 5) is 4.39. The summed E-state index contributed by atoms with van der Waals surface area (Å²) in [7, 11) is 0. The highest BCUT2D eigenvalue weighted by Crippen LogP contribution is 2.24. The summed E-state index contributed by atoms with van der Waals surface area (Å²) in [6.45, 7) is 4.11. The number of hydrogen-bond acceptors (Lipinski definition) is 2. The quantitative estimate of drug-likeness (QED) is 0.724. The van der Waals surface area contributed by atoms with Crippen molar-refractivity contribution in [3.8, 4) is 0 Å². The van der Waals surface area contributed by atoms with E-state index in [0.29, 0.717) is 6.04 Å². The molecule has 0 saturated carbocycles. The SMILES string of the molecule is FC(F)(F)CCN1CCCCN2CCC2C1. The first-order chi connectivity index (χ1) is 7.54. The van der Waals surface area contributed by atoms with Crippen LogP contribution >= 0.6 is 0 Å². The van der Waals surface area contributed by atoms with Crippen LogP contribution in [0.1, 0.15) is 25.7 Å². The zero-order valence-electron chi connectivity index (χ0n) is 9.47.